The van der Waals surface area contributed by atoms with Crippen molar-refractivity contribution in [3.05, 3.63) is 202 Å². The molecule has 54 heavy (non-hydrogen) atoms. The van der Waals surface area contributed by atoms with Gasteiger partial charge >= 0.3 is 0 Å². The minimum absolute atomic E-state index is 0.278. The van der Waals surface area contributed by atoms with Gasteiger partial charge in [-0.3, -0.25) is 0 Å². The van der Waals surface area contributed by atoms with Crippen LogP contribution in [0, 0.1) is 0 Å². The molecule has 0 amide bonds. The van der Waals surface area contributed by atoms with Gasteiger partial charge in [-0.1, -0.05) is 103 Å². The Labute approximate surface area is 327 Å². The van der Waals surface area contributed by atoms with Crippen LogP contribution in [0.5, 0.6) is 0 Å². The highest BCUT2D eigenvalue weighted by atomic mass is 35.5. The van der Waals surface area contributed by atoms with E-state index in [0.717, 1.165) is 45.9 Å². The smallest absolute Gasteiger partial charge is 0.214 e. The Balaban J connectivity index is 0.964. The third-order valence-electron chi connectivity index (χ3n) is 10.6. The number of hydrogen-bond donors (Lipinski definition) is 0. The maximum atomic E-state index is 6.16. The SMILES string of the molecule is CC(c1ccc(C[n+]2ccc(N(C)c3ccc(Cl)cc3)c3ccccc32)cc1)c1ccc(C[n+]2ccc(N(C)c3ccc(Cl)cc3)c3ccccc32)cc1. The van der Waals surface area contributed by atoms with Crippen molar-refractivity contribution in [3.63, 3.8) is 0 Å². The van der Waals surface area contributed by atoms with Crippen LogP contribution in [0.15, 0.2) is 170 Å². The molecule has 0 fully saturated rings. The van der Waals surface area contributed by atoms with E-state index in [1.54, 1.807) is 0 Å². The van der Waals surface area contributed by atoms with Crippen LogP contribution in [0.4, 0.5) is 22.7 Å². The van der Waals surface area contributed by atoms with E-state index >= 15 is 0 Å². The normalized spacial score (nSPS) is 11.4. The Kier molecular flexibility index (Phi) is 10.1. The number of rotatable bonds is 10. The topological polar surface area (TPSA) is 14.2 Å². The van der Waals surface area contributed by atoms with Gasteiger partial charge in [0.25, 0.3) is 0 Å². The van der Waals surface area contributed by atoms with E-state index < -0.39 is 0 Å². The van der Waals surface area contributed by atoms with E-state index in [9.17, 15) is 0 Å². The Bertz CT molecular complexity index is 2370. The van der Waals surface area contributed by atoms with Gasteiger partial charge in [0.05, 0.1) is 22.1 Å². The van der Waals surface area contributed by atoms with Crippen LogP contribution >= 0.6 is 23.2 Å². The van der Waals surface area contributed by atoms with E-state index in [1.807, 2.05) is 24.3 Å². The lowest BCUT2D eigenvalue weighted by Gasteiger charge is -2.21. The molecule has 0 aliphatic carbocycles. The number of anilines is 4. The van der Waals surface area contributed by atoms with Crippen molar-refractivity contribution in [2.75, 3.05) is 23.9 Å². The summed E-state index contributed by atoms with van der Waals surface area (Å²) in [5.74, 6) is 0.278. The highest BCUT2D eigenvalue weighted by molar-refractivity contribution is 6.31. The van der Waals surface area contributed by atoms with E-state index in [0.29, 0.717) is 0 Å². The summed E-state index contributed by atoms with van der Waals surface area (Å²) < 4.78 is 4.66. The second-order valence-corrected chi connectivity index (χ2v) is 14.8. The van der Waals surface area contributed by atoms with Gasteiger partial charge < -0.3 is 9.80 Å². The van der Waals surface area contributed by atoms with Crippen molar-refractivity contribution >= 4 is 67.8 Å². The average Bonchev–Trinajstić information content (AvgIpc) is 3.21. The molecule has 2 heterocycles. The second-order valence-electron chi connectivity index (χ2n) is 14.0. The molecule has 6 aromatic carbocycles. The number of pyridine rings is 2. The molecule has 0 radical (unpaired) electrons. The molecule has 0 aliphatic heterocycles. The molecule has 6 heteroatoms. The van der Waals surface area contributed by atoms with E-state index in [1.165, 1.54) is 44.1 Å². The molecule has 0 bridgehead atoms. The van der Waals surface area contributed by atoms with Crippen molar-refractivity contribution < 1.29 is 9.13 Å². The predicted molar refractivity (Wildman–Crippen MR) is 226 cm³/mol. The molecule has 0 saturated heterocycles. The van der Waals surface area contributed by atoms with Crippen LogP contribution in [0.3, 0.4) is 0 Å². The Morgan fingerprint density at radius 3 is 1.22 bits per heavy atom. The lowest BCUT2D eigenvalue weighted by molar-refractivity contribution is -0.662. The molecule has 266 valence electrons. The van der Waals surface area contributed by atoms with Crippen LogP contribution in [0.25, 0.3) is 21.8 Å². The fourth-order valence-corrected chi connectivity index (χ4v) is 7.67. The molecule has 0 unspecified atom stereocenters. The lowest BCUT2D eigenvalue weighted by Crippen LogP contribution is -2.35. The van der Waals surface area contributed by atoms with E-state index in [4.69, 9.17) is 23.2 Å². The number of para-hydroxylation sites is 2. The molecule has 2 aromatic heterocycles. The number of hydrogen-bond acceptors (Lipinski definition) is 2. The number of fused-ring (bicyclic) bond motifs is 2. The maximum Gasteiger partial charge on any atom is 0.214 e. The van der Waals surface area contributed by atoms with Gasteiger partial charge in [0.2, 0.25) is 11.0 Å². The fraction of sp³-hybridized carbons (Fsp3) is 0.125. The first-order valence-corrected chi connectivity index (χ1v) is 19.1. The average molecular weight is 746 g/mol. The first-order chi connectivity index (χ1) is 26.3. The summed E-state index contributed by atoms with van der Waals surface area (Å²) >= 11 is 12.3. The van der Waals surface area contributed by atoms with Crippen LogP contribution < -0.4 is 18.9 Å². The number of halogens is 2. The first kappa shape index (κ1) is 35.4. The van der Waals surface area contributed by atoms with Gasteiger partial charge in [0, 0.05) is 76.8 Å². The zero-order valence-corrected chi connectivity index (χ0v) is 32.2. The molecule has 4 nitrogen and oxygen atoms in total. The maximum absolute atomic E-state index is 6.16. The van der Waals surface area contributed by atoms with Gasteiger partial charge in [-0.05, 0) is 71.8 Å². The molecular weight excluding hydrogens is 703 g/mol. The molecule has 0 atom stereocenters. The molecule has 0 aliphatic rings. The van der Waals surface area contributed by atoms with Gasteiger partial charge in [-0.25, -0.2) is 0 Å². The third kappa shape index (κ3) is 7.28. The highest BCUT2D eigenvalue weighted by Gasteiger charge is 2.19. The predicted octanol–water partition coefficient (Wildman–Crippen LogP) is 11.7. The molecular formula is C48H42Cl2N4+2. The van der Waals surface area contributed by atoms with Gasteiger partial charge in [-0.2, -0.15) is 9.13 Å². The Morgan fingerprint density at radius 1 is 0.463 bits per heavy atom. The van der Waals surface area contributed by atoms with Gasteiger partial charge in [-0.15, -0.1) is 0 Å². The highest BCUT2D eigenvalue weighted by Crippen LogP contribution is 2.32. The Morgan fingerprint density at radius 2 is 0.833 bits per heavy atom. The van der Waals surface area contributed by atoms with Crippen LogP contribution in [-0.4, -0.2) is 14.1 Å². The molecule has 8 aromatic rings. The van der Waals surface area contributed by atoms with Gasteiger partial charge in [0.15, 0.2) is 25.5 Å². The molecule has 8 rings (SSSR count). The fourth-order valence-electron chi connectivity index (χ4n) is 7.42. The standard InChI is InChI=1S/C48H42Cl2N4/c1-34(37-16-12-35(13-17-37)32-53-30-28-45(43-8-4-6-10-47(43)53)51(2)41-24-20-39(49)21-25-41)38-18-14-36(15-19-38)33-54-31-29-46(44-9-5-7-11-48(44)54)52(3)42-26-22-40(50)23-27-42/h4-31,34H,32-33H2,1-3H3/q+2. The van der Waals surface area contributed by atoms with E-state index in [2.05, 4.69) is 186 Å². The summed E-state index contributed by atoms with van der Waals surface area (Å²) in [4.78, 5) is 4.43. The zero-order chi connectivity index (χ0) is 37.2. The lowest BCUT2D eigenvalue weighted by atomic mass is 9.92. The van der Waals surface area contributed by atoms with Crippen LogP contribution in [0.2, 0.25) is 10.0 Å². The first-order valence-electron chi connectivity index (χ1n) is 18.3. The summed E-state index contributed by atoms with van der Waals surface area (Å²) in [6.45, 7) is 3.87. The summed E-state index contributed by atoms with van der Waals surface area (Å²) in [5.41, 5.74) is 12.0. The second kappa shape index (κ2) is 15.4. The summed E-state index contributed by atoms with van der Waals surface area (Å²) in [6.07, 6.45) is 4.38. The van der Waals surface area contributed by atoms with Crippen molar-refractivity contribution in [1.29, 1.82) is 0 Å². The van der Waals surface area contributed by atoms with Crippen LogP contribution in [-0.2, 0) is 13.1 Å². The third-order valence-corrected chi connectivity index (χ3v) is 11.1. The van der Waals surface area contributed by atoms with E-state index in [-0.39, 0.29) is 5.92 Å². The largest absolute Gasteiger partial charge is 0.344 e. The van der Waals surface area contributed by atoms with Crippen LogP contribution in [0.1, 0.15) is 35.1 Å². The number of benzene rings is 6. The number of nitrogens with zero attached hydrogens (tertiary/aromatic N) is 4. The van der Waals surface area contributed by atoms with Crippen molar-refractivity contribution in [2.24, 2.45) is 0 Å². The van der Waals surface area contributed by atoms with Crippen molar-refractivity contribution in [1.82, 2.24) is 0 Å². The number of aromatic nitrogens is 2. The molecule has 0 N–H and O–H groups in total. The van der Waals surface area contributed by atoms with Gasteiger partial charge in [0.1, 0.15) is 0 Å². The monoisotopic (exact) mass is 744 g/mol. The Hall–Kier alpha value is -5.68. The zero-order valence-electron chi connectivity index (χ0n) is 30.7. The summed E-state index contributed by atoms with van der Waals surface area (Å²) in [7, 11) is 4.21. The summed E-state index contributed by atoms with van der Waals surface area (Å²) in [5, 5.41) is 3.89. The summed E-state index contributed by atoms with van der Waals surface area (Å²) in [6, 6.07) is 55.8. The van der Waals surface area contributed by atoms with Crippen molar-refractivity contribution in [3.8, 4) is 0 Å². The van der Waals surface area contributed by atoms with Crippen molar-refractivity contribution in [2.45, 2.75) is 25.9 Å². The minimum Gasteiger partial charge on any atom is -0.344 e. The molecule has 0 saturated carbocycles. The minimum atomic E-state index is 0.278. The quantitative estimate of drug-likeness (QED) is 0.129. The molecule has 0 spiro atoms.